The topological polar surface area (TPSA) is 17.1 Å². The van der Waals surface area contributed by atoms with Crippen LogP contribution in [0.2, 0.25) is 0 Å². The third-order valence-corrected chi connectivity index (χ3v) is 2.10. The minimum Gasteiger partial charge on any atom is -0.303 e. The standard InChI is InChI=1S/C11H14O/c1-3-4-10(7-8-12)9(2)11-5-6-11/h3-4,8,11H,1-2,5-7H2/b10-4-. The molecule has 1 saturated carbocycles. The molecule has 0 heterocycles. The van der Waals surface area contributed by atoms with Crippen LogP contribution in [0.1, 0.15) is 19.3 Å². The Balaban J connectivity index is 2.62. The summed E-state index contributed by atoms with van der Waals surface area (Å²) < 4.78 is 0. The van der Waals surface area contributed by atoms with E-state index >= 15 is 0 Å². The van der Waals surface area contributed by atoms with Gasteiger partial charge in [-0.1, -0.05) is 25.3 Å². The molecular weight excluding hydrogens is 148 g/mol. The maximum atomic E-state index is 10.3. The quantitative estimate of drug-likeness (QED) is 0.448. The van der Waals surface area contributed by atoms with Crippen molar-refractivity contribution in [2.75, 3.05) is 0 Å². The van der Waals surface area contributed by atoms with Gasteiger partial charge in [-0.05, 0) is 29.9 Å². The fourth-order valence-corrected chi connectivity index (χ4v) is 1.23. The van der Waals surface area contributed by atoms with Crippen LogP contribution < -0.4 is 0 Å². The maximum absolute atomic E-state index is 10.3. The molecule has 64 valence electrons. The molecule has 0 radical (unpaired) electrons. The monoisotopic (exact) mass is 162 g/mol. The van der Waals surface area contributed by atoms with E-state index in [1.165, 1.54) is 12.8 Å². The second kappa shape index (κ2) is 4.05. The zero-order valence-corrected chi connectivity index (χ0v) is 7.25. The zero-order valence-electron chi connectivity index (χ0n) is 7.25. The minimum atomic E-state index is 0.474. The first-order valence-electron chi connectivity index (χ1n) is 4.24. The van der Waals surface area contributed by atoms with Gasteiger partial charge in [0.05, 0.1) is 0 Å². The molecule has 0 aliphatic heterocycles. The first-order valence-corrected chi connectivity index (χ1v) is 4.24. The van der Waals surface area contributed by atoms with Crippen LogP contribution in [0.25, 0.3) is 0 Å². The highest BCUT2D eigenvalue weighted by atomic mass is 16.1. The van der Waals surface area contributed by atoms with Crippen molar-refractivity contribution in [2.45, 2.75) is 19.3 Å². The van der Waals surface area contributed by atoms with Crippen LogP contribution in [-0.4, -0.2) is 6.29 Å². The van der Waals surface area contributed by atoms with Crippen molar-refractivity contribution in [1.82, 2.24) is 0 Å². The van der Waals surface area contributed by atoms with E-state index in [0.717, 1.165) is 17.4 Å². The number of carbonyl (C=O) groups is 1. The summed E-state index contributed by atoms with van der Waals surface area (Å²) in [5.41, 5.74) is 2.17. The molecule has 0 bridgehead atoms. The van der Waals surface area contributed by atoms with Gasteiger partial charge < -0.3 is 4.79 Å². The van der Waals surface area contributed by atoms with Crippen LogP contribution in [0.15, 0.2) is 36.5 Å². The largest absolute Gasteiger partial charge is 0.303 e. The summed E-state index contributed by atoms with van der Waals surface area (Å²) in [6.45, 7) is 7.59. The van der Waals surface area contributed by atoms with Crippen LogP contribution in [0, 0.1) is 5.92 Å². The fraction of sp³-hybridized carbons (Fsp3) is 0.364. The highest BCUT2D eigenvalue weighted by Crippen LogP contribution is 2.39. The van der Waals surface area contributed by atoms with Crippen LogP contribution >= 0.6 is 0 Å². The van der Waals surface area contributed by atoms with Gasteiger partial charge in [-0.25, -0.2) is 0 Å². The minimum absolute atomic E-state index is 0.474. The molecule has 1 fully saturated rings. The molecule has 0 amide bonds. The number of aldehydes is 1. The molecule has 0 unspecified atom stereocenters. The van der Waals surface area contributed by atoms with E-state index in [2.05, 4.69) is 13.2 Å². The van der Waals surface area contributed by atoms with Gasteiger partial charge >= 0.3 is 0 Å². The van der Waals surface area contributed by atoms with Crippen molar-refractivity contribution in [2.24, 2.45) is 5.92 Å². The lowest BCUT2D eigenvalue weighted by atomic mass is 10.0. The van der Waals surface area contributed by atoms with Gasteiger partial charge in [0.1, 0.15) is 6.29 Å². The Labute approximate surface area is 73.5 Å². The number of rotatable bonds is 5. The van der Waals surface area contributed by atoms with Crippen LogP contribution in [0.3, 0.4) is 0 Å². The van der Waals surface area contributed by atoms with Gasteiger partial charge in [-0.3, -0.25) is 0 Å². The Morgan fingerprint density at radius 1 is 1.50 bits per heavy atom. The predicted molar refractivity (Wildman–Crippen MR) is 50.8 cm³/mol. The summed E-state index contributed by atoms with van der Waals surface area (Å²) in [5, 5.41) is 0. The molecule has 1 rings (SSSR count). The van der Waals surface area contributed by atoms with E-state index < -0.39 is 0 Å². The van der Waals surface area contributed by atoms with Crippen LogP contribution in [-0.2, 0) is 4.79 Å². The number of allylic oxidation sites excluding steroid dienone is 4. The molecule has 0 aromatic carbocycles. The lowest BCUT2D eigenvalue weighted by Gasteiger charge is -2.04. The van der Waals surface area contributed by atoms with Crippen molar-refractivity contribution in [3.63, 3.8) is 0 Å². The SMILES string of the molecule is C=C/C=C(/CC=O)C(=C)C1CC1. The Morgan fingerprint density at radius 2 is 2.17 bits per heavy atom. The summed E-state index contributed by atoms with van der Waals surface area (Å²) in [6, 6.07) is 0. The highest BCUT2D eigenvalue weighted by molar-refractivity contribution is 5.58. The van der Waals surface area contributed by atoms with Crippen LogP contribution in [0.5, 0.6) is 0 Å². The molecule has 1 aliphatic rings. The molecule has 0 aromatic heterocycles. The molecule has 0 spiro atoms. The van der Waals surface area contributed by atoms with Crippen LogP contribution in [0.4, 0.5) is 0 Å². The third-order valence-electron chi connectivity index (χ3n) is 2.10. The Kier molecular flexibility index (Phi) is 3.03. The lowest BCUT2D eigenvalue weighted by Crippen LogP contribution is -1.91. The molecule has 1 aliphatic carbocycles. The predicted octanol–water partition coefficient (Wildman–Crippen LogP) is 2.65. The van der Waals surface area contributed by atoms with Crippen molar-refractivity contribution < 1.29 is 4.79 Å². The van der Waals surface area contributed by atoms with E-state index in [9.17, 15) is 4.79 Å². The van der Waals surface area contributed by atoms with Gasteiger partial charge in [-0.15, -0.1) is 0 Å². The molecule has 0 N–H and O–H groups in total. The molecule has 12 heavy (non-hydrogen) atoms. The Hall–Kier alpha value is -1.11. The Morgan fingerprint density at radius 3 is 2.58 bits per heavy atom. The van der Waals surface area contributed by atoms with Gasteiger partial charge in [0.25, 0.3) is 0 Å². The van der Waals surface area contributed by atoms with Gasteiger partial charge in [0, 0.05) is 6.42 Å². The van der Waals surface area contributed by atoms with E-state index in [-0.39, 0.29) is 0 Å². The third kappa shape index (κ3) is 2.19. The maximum Gasteiger partial charge on any atom is 0.124 e. The number of hydrogen-bond donors (Lipinski definition) is 0. The summed E-state index contributed by atoms with van der Waals surface area (Å²) >= 11 is 0. The normalized spacial score (nSPS) is 17.2. The summed E-state index contributed by atoms with van der Waals surface area (Å²) in [4.78, 5) is 10.3. The molecule has 0 atom stereocenters. The second-order valence-corrected chi connectivity index (χ2v) is 3.10. The molecule has 0 saturated heterocycles. The lowest BCUT2D eigenvalue weighted by molar-refractivity contribution is -0.107. The first-order chi connectivity index (χ1) is 5.79. The highest BCUT2D eigenvalue weighted by Gasteiger charge is 2.25. The Bertz CT molecular complexity index is 231. The van der Waals surface area contributed by atoms with Crippen molar-refractivity contribution in [3.05, 3.63) is 36.5 Å². The summed E-state index contributed by atoms with van der Waals surface area (Å²) in [7, 11) is 0. The number of hydrogen-bond acceptors (Lipinski definition) is 1. The zero-order chi connectivity index (χ0) is 8.97. The smallest absolute Gasteiger partial charge is 0.124 e. The van der Waals surface area contributed by atoms with E-state index in [0.29, 0.717) is 12.3 Å². The molecule has 0 aromatic rings. The van der Waals surface area contributed by atoms with Crippen molar-refractivity contribution in [3.8, 4) is 0 Å². The van der Waals surface area contributed by atoms with E-state index in [1.807, 2.05) is 6.08 Å². The average Bonchev–Trinajstić information content (AvgIpc) is 2.85. The van der Waals surface area contributed by atoms with Gasteiger partial charge in [0.2, 0.25) is 0 Å². The molecule has 1 heteroatoms. The molecular formula is C11H14O. The van der Waals surface area contributed by atoms with E-state index in [1.54, 1.807) is 6.08 Å². The molecule has 1 nitrogen and oxygen atoms in total. The summed E-state index contributed by atoms with van der Waals surface area (Å²) in [5.74, 6) is 0.635. The number of carbonyl (C=O) groups excluding carboxylic acids is 1. The van der Waals surface area contributed by atoms with Gasteiger partial charge in [0.15, 0.2) is 0 Å². The van der Waals surface area contributed by atoms with Gasteiger partial charge in [-0.2, -0.15) is 0 Å². The van der Waals surface area contributed by atoms with Crippen molar-refractivity contribution in [1.29, 1.82) is 0 Å². The average molecular weight is 162 g/mol. The van der Waals surface area contributed by atoms with E-state index in [4.69, 9.17) is 0 Å². The first kappa shape index (κ1) is 8.98. The van der Waals surface area contributed by atoms with Crippen molar-refractivity contribution >= 4 is 6.29 Å². The summed E-state index contributed by atoms with van der Waals surface area (Å²) in [6.07, 6.45) is 7.45. The fourth-order valence-electron chi connectivity index (χ4n) is 1.23. The second-order valence-electron chi connectivity index (χ2n) is 3.10.